The highest BCUT2D eigenvalue weighted by Gasteiger charge is 2.29. The second-order valence-corrected chi connectivity index (χ2v) is 7.10. The van der Waals surface area contributed by atoms with Crippen molar-refractivity contribution in [3.63, 3.8) is 0 Å². The van der Waals surface area contributed by atoms with E-state index in [-0.39, 0.29) is 23.2 Å². The van der Waals surface area contributed by atoms with Gasteiger partial charge in [-0.25, -0.2) is 8.42 Å². The minimum Gasteiger partial charge on any atom is -0.381 e. The lowest BCUT2D eigenvalue weighted by Gasteiger charge is -2.20. The molecule has 2 rings (SSSR count). The predicted molar refractivity (Wildman–Crippen MR) is 77.9 cm³/mol. The van der Waals surface area contributed by atoms with Crippen LogP contribution in [0.4, 0.5) is 5.82 Å². The van der Waals surface area contributed by atoms with Gasteiger partial charge in [0.2, 0.25) is 15.9 Å². The zero-order valence-corrected chi connectivity index (χ0v) is 13.1. The fourth-order valence-corrected chi connectivity index (χ4v) is 3.46. The van der Waals surface area contributed by atoms with Gasteiger partial charge in [-0.05, 0) is 19.8 Å². The number of hydrogen-bond acceptors (Lipinski definition) is 5. The highest BCUT2D eigenvalue weighted by molar-refractivity contribution is 7.89. The summed E-state index contributed by atoms with van der Waals surface area (Å²) in [6, 6.07) is 0. The molecular weight excluding hydrogens is 294 g/mol. The number of carbonyl (C=O) groups is 1. The van der Waals surface area contributed by atoms with Gasteiger partial charge in [0.15, 0.2) is 5.82 Å². The maximum Gasteiger partial charge on any atom is 0.248 e. The van der Waals surface area contributed by atoms with Gasteiger partial charge in [0, 0.05) is 32.9 Å². The van der Waals surface area contributed by atoms with Crippen LogP contribution in [0.25, 0.3) is 0 Å². The molecule has 21 heavy (non-hydrogen) atoms. The topological polar surface area (TPSA) is 102 Å². The first-order valence-electron chi connectivity index (χ1n) is 6.93. The van der Waals surface area contributed by atoms with Crippen molar-refractivity contribution in [1.82, 2.24) is 19.0 Å². The van der Waals surface area contributed by atoms with Crippen LogP contribution in [0.2, 0.25) is 0 Å². The Hall–Kier alpha value is -1.61. The Morgan fingerprint density at radius 1 is 1.43 bits per heavy atom. The molecule has 0 spiro atoms. The average Bonchev–Trinajstić information content (AvgIpc) is 3.07. The standard InChI is InChI=1S/C12H21N5O3S/c1-3-17-8-10(12(13)14-17)21(19,20)15(2)9-11(18)16-6-4-5-7-16/h8H,3-7,9H2,1-2H3,(H2,13,14). The number of carbonyl (C=O) groups excluding carboxylic acids is 1. The van der Waals surface area contributed by atoms with Crippen LogP contribution in [0.15, 0.2) is 11.1 Å². The Morgan fingerprint density at radius 3 is 2.57 bits per heavy atom. The van der Waals surface area contributed by atoms with Crippen molar-refractivity contribution in [1.29, 1.82) is 0 Å². The van der Waals surface area contributed by atoms with E-state index in [2.05, 4.69) is 5.10 Å². The Kier molecular flexibility index (Phi) is 4.52. The fourth-order valence-electron chi connectivity index (χ4n) is 2.29. The third-order valence-corrected chi connectivity index (χ3v) is 5.40. The largest absolute Gasteiger partial charge is 0.381 e. The Labute approximate surface area is 124 Å². The quantitative estimate of drug-likeness (QED) is 0.806. The molecule has 1 aromatic heterocycles. The lowest BCUT2D eigenvalue weighted by atomic mass is 10.4. The third-order valence-electron chi connectivity index (χ3n) is 3.58. The number of aromatic nitrogens is 2. The summed E-state index contributed by atoms with van der Waals surface area (Å²) in [7, 11) is -2.43. The number of rotatable bonds is 5. The molecule has 0 unspecified atom stereocenters. The second-order valence-electron chi connectivity index (χ2n) is 5.08. The molecule has 0 aromatic carbocycles. The highest BCUT2D eigenvalue weighted by atomic mass is 32.2. The molecule has 1 aliphatic heterocycles. The molecule has 1 saturated heterocycles. The van der Waals surface area contributed by atoms with Crippen LogP contribution >= 0.6 is 0 Å². The molecule has 9 heteroatoms. The molecule has 1 fully saturated rings. The molecule has 1 aromatic rings. The van der Waals surface area contributed by atoms with Gasteiger partial charge in [-0.1, -0.05) is 0 Å². The highest BCUT2D eigenvalue weighted by Crippen LogP contribution is 2.20. The summed E-state index contributed by atoms with van der Waals surface area (Å²) in [5.74, 6) is -0.225. The van der Waals surface area contributed by atoms with Gasteiger partial charge in [0.25, 0.3) is 0 Å². The van der Waals surface area contributed by atoms with Crippen LogP contribution in [0.5, 0.6) is 0 Å². The van der Waals surface area contributed by atoms with E-state index in [1.807, 2.05) is 6.92 Å². The van der Waals surface area contributed by atoms with Crippen molar-refractivity contribution < 1.29 is 13.2 Å². The van der Waals surface area contributed by atoms with Crippen molar-refractivity contribution >= 4 is 21.7 Å². The van der Waals surface area contributed by atoms with Gasteiger partial charge in [-0.2, -0.15) is 9.40 Å². The molecule has 2 heterocycles. The summed E-state index contributed by atoms with van der Waals surface area (Å²) in [5.41, 5.74) is 5.66. The van der Waals surface area contributed by atoms with Gasteiger partial charge in [0.05, 0.1) is 6.54 Å². The van der Waals surface area contributed by atoms with Crippen LogP contribution in [-0.2, 0) is 21.4 Å². The number of hydrogen-bond donors (Lipinski definition) is 1. The molecule has 8 nitrogen and oxygen atoms in total. The summed E-state index contributed by atoms with van der Waals surface area (Å²) in [5, 5.41) is 3.93. The molecular formula is C12H21N5O3S. The van der Waals surface area contributed by atoms with Crippen molar-refractivity contribution in [3.8, 4) is 0 Å². The van der Waals surface area contributed by atoms with Gasteiger partial charge in [-0.3, -0.25) is 9.48 Å². The van der Waals surface area contributed by atoms with Crippen molar-refractivity contribution in [2.24, 2.45) is 0 Å². The van der Waals surface area contributed by atoms with E-state index in [0.29, 0.717) is 19.6 Å². The van der Waals surface area contributed by atoms with Gasteiger partial charge < -0.3 is 10.6 Å². The summed E-state index contributed by atoms with van der Waals surface area (Å²) in [6.07, 6.45) is 3.33. The second kappa shape index (κ2) is 6.02. The number of anilines is 1. The molecule has 1 amide bonds. The molecule has 0 aliphatic carbocycles. The zero-order valence-electron chi connectivity index (χ0n) is 12.3. The van der Waals surface area contributed by atoms with E-state index in [1.54, 1.807) is 4.90 Å². The number of likely N-dealkylation sites (tertiary alicyclic amines) is 1. The number of sulfonamides is 1. The van der Waals surface area contributed by atoms with Crippen LogP contribution in [0.3, 0.4) is 0 Å². The Bertz CT molecular complexity index is 619. The summed E-state index contributed by atoms with van der Waals surface area (Å²) in [6.45, 7) is 3.57. The first-order chi connectivity index (χ1) is 9.86. The van der Waals surface area contributed by atoms with Crippen LogP contribution in [0, 0.1) is 0 Å². The lowest BCUT2D eigenvalue weighted by molar-refractivity contribution is -0.130. The summed E-state index contributed by atoms with van der Waals surface area (Å²) in [4.78, 5) is 13.7. The van der Waals surface area contributed by atoms with Crippen molar-refractivity contribution in [2.75, 3.05) is 32.4 Å². The van der Waals surface area contributed by atoms with Gasteiger partial charge in [-0.15, -0.1) is 0 Å². The minimum atomic E-state index is -3.81. The fraction of sp³-hybridized carbons (Fsp3) is 0.667. The molecule has 2 N–H and O–H groups in total. The van der Waals surface area contributed by atoms with Crippen LogP contribution < -0.4 is 5.73 Å². The maximum absolute atomic E-state index is 12.5. The van der Waals surface area contributed by atoms with E-state index in [0.717, 1.165) is 17.1 Å². The number of nitrogens with two attached hydrogens (primary N) is 1. The molecule has 0 atom stereocenters. The number of aryl methyl sites for hydroxylation is 1. The molecule has 0 saturated carbocycles. The van der Waals surface area contributed by atoms with Crippen LogP contribution in [-0.4, -0.2) is 60.0 Å². The Morgan fingerprint density at radius 2 is 2.05 bits per heavy atom. The average molecular weight is 315 g/mol. The molecule has 0 bridgehead atoms. The summed E-state index contributed by atoms with van der Waals surface area (Å²) >= 11 is 0. The summed E-state index contributed by atoms with van der Waals surface area (Å²) < 4.78 is 27.4. The van der Waals surface area contributed by atoms with E-state index < -0.39 is 10.0 Å². The maximum atomic E-state index is 12.5. The normalized spacial score (nSPS) is 15.9. The smallest absolute Gasteiger partial charge is 0.248 e. The number of nitrogen functional groups attached to an aromatic ring is 1. The zero-order chi connectivity index (χ0) is 15.6. The SMILES string of the molecule is CCn1cc(S(=O)(=O)N(C)CC(=O)N2CCCC2)c(N)n1. The van der Waals surface area contributed by atoms with E-state index >= 15 is 0 Å². The first-order valence-corrected chi connectivity index (χ1v) is 8.37. The van der Waals surface area contributed by atoms with E-state index in [9.17, 15) is 13.2 Å². The molecule has 1 aliphatic rings. The van der Waals surface area contributed by atoms with E-state index in [1.165, 1.54) is 17.9 Å². The Balaban J connectivity index is 2.14. The van der Waals surface area contributed by atoms with Crippen LogP contribution in [0.1, 0.15) is 19.8 Å². The van der Waals surface area contributed by atoms with E-state index in [4.69, 9.17) is 5.73 Å². The third kappa shape index (κ3) is 3.18. The minimum absolute atomic E-state index is 0.0441. The van der Waals surface area contributed by atoms with Gasteiger partial charge in [0.1, 0.15) is 4.90 Å². The lowest BCUT2D eigenvalue weighted by Crippen LogP contribution is -2.39. The first kappa shape index (κ1) is 15.8. The molecule has 0 radical (unpaired) electrons. The number of amides is 1. The number of likely N-dealkylation sites (N-methyl/N-ethyl adjacent to an activating group) is 1. The number of nitrogens with zero attached hydrogens (tertiary/aromatic N) is 4. The van der Waals surface area contributed by atoms with Gasteiger partial charge >= 0.3 is 0 Å². The molecule has 118 valence electrons. The predicted octanol–water partition coefficient (Wildman–Crippen LogP) is -0.272. The van der Waals surface area contributed by atoms with Crippen molar-refractivity contribution in [2.45, 2.75) is 31.2 Å². The monoisotopic (exact) mass is 315 g/mol. The van der Waals surface area contributed by atoms with Crippen molar-refractivity contribution in [3.05, 3.63) is 6.20 Å².